The Hall–Kier alpha value is -2.40. The van der Waals surface area contributed by atoms with Gasteiger partial charge in [-0.25, -0.2) is 4.98 Å². The normalized spacial score (nSPS) is 11.2. The van der Waals surface area contributed by atoms with Crippen LogP contribution in [0.1, 0.15) is 58.8 Å². The van der Waals surface area contributed by atoms with Crippen molar-refractivity contribution in [1.29, 1.82) is 0 Å². The molecule has 0 saturated heterocycles. The van der Waals surface area contributed by atoms with Gasteiger partial charge in [-0.05, 0) is 49.6 Å². The summed E-state index contributed by atoms with van der Waals surface area (Å²) in [7, 11) is 3.34. The van der Waals surface area contributed by atoms with E-state index < -0.39 is 0 Å². The van der Waals surface area contributed by atoms with E-state index in [4.69, 9.17) is 11.6 Å². The maximum atomic E-state index is 12.8. The topological polar surface area (TPSA) is 62.3 Å². The molecule has 0 unspecified atom stereocenters. The maximum absolute atomic E-state index is 12.8. The van der Waals surface area contributed by atoms with Crippen molar-refractivity contribution in [1.82, 2.24) is 15.2 Å². The van der Waals surface area contributed by atoms with Crippen LogP contribution in [0.15, 0.2) is 36.4 Å². The van der Waals surface area contributed by atoms with E-state index in [2.05, 4.69) is 24.1 Å². The highest BCUT2D eigenvalue weighted by atomic mass is 35.5. The fourth-order valence-electron chi connectivity index (χ4n) is 3.31. The lowest BCUT2D eigenvalue weighted by Crippen LogP contribution is -2.40. The Labute approximate surface area is 172 Å². The summed E-state index contributed by atoms with van der Waals surface area (Å²) in [5.41, 5.74) is 2.34. The van der Waals surface area contributed by atoms with Crippen LogP contribution in [-0.4, -0.2) is 42.3 Å². The minimum Gasteiger partial charge on any atom is -0.351 e. The number of benzene rings is 1. The maximum Gasteiger partial charge on any atom is 0.271 e. The minimum atomic E-state index is -0.186. The molecule has 6 heteroatoms. The molecule has 0 aliphatic carbocycles. The van der Waals surface area contributed by atoms with Crippen LogP contribution < -0.4 is 5.32 Å². The summed E-state index contributed by atoms with van der Waals surface area (Å²) >= 11 is 6.02. The smallest absolute Gasteiger partial charge is 0.271 e. The van der Waals surface area contributed by atoms with E-state index >= 15 is 0 Å². The first-order valence-electron chi connectivity index (χ1n) is 9.47. The summed E-state index contributed by atoms with van der Waals surface area (Å²) in [4.78, 5) is 30.6. The number of carbonyl (C=O) groups excluding carboxylic acids is 2. The van der Waals surface area contributed by atoms with Crippen LogP contribution >= 0.6 is 11.6 Å². The van der Waals surface area contributed by atoms with Crippen molar-refractivity contribution < 1.29 is 9.59 Å². The van der Waals surface area contributed by atoms with Crippen molar-refractivity contribution in [3.8, 4) is 0 Å². The van der Waals surface area contributed by atoms with Gasteiger partial charge in [0.2, 0.25) is 0 Å². The second kappa shape index (κ2) is 9.20. The van der Waals surface area contributed by atoms with E-state index in [1.54, 1.807) is 33.2 Å². The van der Waals surface area contributed by atoms with Gasteiger partial charge in [-0.2, -0.15) is 0 Å². The zero-order valence-electron chi connectivity index (χ0n) is 17.2. The van der Waals surface area contributed by atoms with Crippen molar-refractivity contribution >= 4 is 23.4 Å². The SMILES string of the molecule is CCC(CC)(CNC(=O)c1ccc(C(=O)N(C)C)nc1C)c1ccc(Cl)cc1. The molecule has 1 aromatic carbocycles. The predicted molar refractivity (Wildman–Crippen MR) is 113 cm³/mol. The van der Waals surface area contributed by atoms with Crippen molar-refractivity contribution in [3.05, 3.63) is 63.9 Å². The number of aromatic nitrogens is 1. The van der Waals surface area contributed by atoms with Crippen LogP contribution in [0.5, 0.6) is 0 Å². The van der Waals surface area contributed by atoms with Crippen LogP contribution in [0.2, 0.25) is 5.02 Å². The molecule has 0 saturated carbocycles. The van der Waals surface area contributed by atoms with E-state index in [0.717, 1.165) is 18.4 Å². The van der Waals surface area contributed by atoms with Gasteiger partial charge in [0.15, 0.2) is 0 Å². The Bertz CT molecular complexity index is 843. The molecule has 1 heterocycles. The highest BCUT2D eigenvalue weighted by Gasteiger charge is 2.29. The minimum absolute atomic E-state index is 0.164. The Balaban J connectivity index is 2.19. The number of nitrogens with zero attached hydrogens (tertiary/aromatic N) is 2. The first-order chi connectivity index (χ1) is 13.2. The van der Waals surface area contributed by atoms with Gasteiger partial charge in [-0.1, -0.05) is 37.6 Å². The number of hydrogen-bond acceptors (Lipinski definition) is 3. The van der Waals surface area contributed by atoms with Crippen molar-refractivity contribution in [3.63, 3.8) is 0 Å². The number of hydrogen-bond donors (Lipinski definition) is 1. The Morgan fingerprint density at radius 1 is 1.07 bits per heavy atom. The molecule has 0 spiro atoms. The molecule has 28 heavy (non-hydrogen) atoms. The van der Waals surface area contributed by atoms with Crippen LogP contribution in [0.3, 0.4) is 0 Å². The van der Waals surface area contributed by atoms with Gasteiger partial charge in [-0.3, -0.25) is 9.59 Å². The number of nitrogens with one attached hydrogen (secondary N) is 1. The molecule has 2 rings (SSSR count). The summed E-state index contributed by atoms with van der Waals surface area (Å²) < 4.78 is 0. The van der Waals surface area contributed by atoms with Gasteiger partial charge < -0.3 is 10.2 Å². The Kier molecular flexibility index (Phi) is 7.19. The van der Waals surface area contributed by atoms with Crippen LogP contribution in [0.25, 0.3) is 0 Å². The van der Waals surface area contributed by atoms with Gasteiger partial charge in [0.1, 0.15) is 5.69 Å². The largest absolute Gasteiger partial charge is 0.351 e. The number of rotatable bonds is 7. The molecule has 0 radical (unpaired) electrons. The molecule has 2 aromatic rings. The average Bonchev–Trinajstić information content (AvgIpc) is 2.69. The van der Waals surface area contributed by atoms with E-state index in [1.807, 2.05) is 24.3 Å². The van der Waals surface area contributed by atoms with Crippen molar-refractivity contribution in [2.45, 2.75) is 39.0 Å². The highest BCUT2D eigenvalue weighted by molar-refractivity contribution is 6.30. The summed E-state index contributed by atoms with van der Waals surface area (Å²) in [6, 6.07) is 11.1. The quantitative estimate of drug-likeness (QED) is 0.755. The molecule has 0 aliphatic heterocycles. The van der Waals surface area contributed by atoms with Crippen molar-refractivity contribution in [2.24, 2.45) is 0 Å². The highest BCUT2D eigenvalue weighted by Crippen LogP contribution is 2.32. The van der Waals surface area contributed by atoms with Crippen LogP contribution in [0.4, 0.5) is 0 Å². The number of aryl methyl sites for hydroxylation is 1. The summed E-state index contributed by atoms with van der Waals surface area (Å²) in [5, 5.41) is 3.76. The van der Waals surface area contributed by atoms with Crippen LogP contribution in [-0.2, 0) is 5.41 Å². The number of amides is 2. The standard InChI is InChI=1S/C22H28ClN3O2/c1-6-22(7-2,16-8-10-17(23)11-9-16)14-24-20(27)18-12-13-19(25-15(18)3)21(28)26(4)5/h8-13H,6-7,14H2,1-5H3,(H,24,27). The Morgan fingerprint density at radius 2 is 1.68 bits per heavy atom. The molecule has 2 amide bonds. The van der Waals surface area contributed by atoms with Gasteiger partial charge in [0.25, 0.3) is 11.8 Å². The summed E-state index contributed by atoms with van der Waals surface area (Å²) in [6.07, 6.45) is 1.78. The molecule has 0 aliphatic rings. The Morgan fingerprint density at radius 3 is 2.18 bits per heavy atom. The zero-order valence-corrected chi connectivity index (χ0v) is 17.9. The molecule has 0 atom stereocenters. The first-order valence-corrected chi connectivity index (χ1v) is 9.85. The molecular formula is C22H28ClN3O2. The molecule has 0 bridgehead atoms. The second-order valence-corrected chi connectivity index (χ2v) is 7.64. The number of halogens is 1. The fraction of sp³-hybridized carbons (Fsp3) is 0.409. The lowest BCUT2D eigenvalue weighted by Gasteiger charge is -2.32. The summed E-state index contributed by atoms with van der Waals surface area (Å²) in [5.74, 6) is -0.372. The number of pyridine rings is 1. The average molecular weight is 402 g/mol. The van der Waals surface area contributed by atoms with E-state index in [9.17, 15) is 9.59 Å². The third-order valence-electron chi connectivity index (χ3n) is 5.35. The summed E-state index contributed by atoms with van der Waals surface area (Å²) in [6.45, 7) is 6.50. The third-order valence-corrected chi connectivity index (χ3v) is 5.61. The zero-order chi connectivity index (χ0) is 20.9. The van der Waals surface area contributed by atoms with Gasteiger partial charge in [0.05, 0.1) is 11.3 Å². The predicted octanol–water partition coefficient (Wildman–Crippen LogP) is 4.23. The third kappa shape index (κ3) is 4.71. The molecule has 150 valence electrons. The monoisotopic (exact) mass is 401 g/mol. The van der Waals surface area contributed by atoms with E-state index in [-0.39, 0.29) is 17.2 Å². The second-order valence-electron chi connectivity index (χ2n) is 7.21. The van der Waals surface area contributed by atoms with Gasteiger partial charge >= 0.3 is 0 Å². The molecular weight excluding hydrogens is 374 g/mol. The number of carbonyl (C=O) groups is 2. The van der Waals surface area contributed by atoms with Gasteiger partial charge in [-0.15, -0.1) is 0 Å². The van der Waals surface area contributed by atoms with E-state index in [0.29, 0.717) is 28.5 Å². The molecule has 0 fully saturated rings. The molecule has 1 N–H and O–H groups in total. The lowest BCUT2D eigenvalue weighted by atomic mass is 9.75. The lowest BCUT2D eigenvalue weighted by molar-refractivity contribution is 0.0820. The first kappa shape index (κ1) is 21.9. The van der Waals surface area contributed by atoms with Crippen molar-refractivity contribution in [2.75, 3.05) is 20.6 Å². The molecule has 1 aromatic heterocycles. The van der Waals surface area contributed by atoms with Gasteiger partial charge in [0, 0.05) is 31.1 Å². The van der Waals surface area contributed by atoms with Crippen LogP contribution in [0, 0.1) is 6.92 Å². The van der Waals surface area contributed by atoms with E-state index in [1.165, 1.54) is 4.90 Å². The molecule has 5 nitrogen and oxygen atoms in total. The fourth-order valence-corrected chi connectivity index (χ4v) is 3.43.